The quantitative estimate of drug-likeness (QED) is 0.863. The average molecular weight is 326 g/mol. The summed E-state index contributed by atoms with van der Waals surface area (Å²) in [5.41, 5.74) is 1.55. The molecule has 1 aromatic heterocycles. The van der Waals surface area contributed by atoms with Gasteiger partial charge in [-0.25, -0.2) is 9.37 Å². The number of carbonyl (C=O) groups is 1. The number of nitrogens with zero attached hydrogens (tertiary/aromatic N) is 4. The zero-order chi connectivity index (χ0) is 16.5. The number of carbonyl (C=O) groups excluding carboxylic acids is 1. The van der Waals surface area contributed by atoms with Crippen LogP contribution < -0.4 is 0 Å². The summed E-state index contributed by atoms with van der Waals surface area (Å²) in [6.07, 6.45) is 4.65. The Bertz CT molecular complexity index is 708. The molecule has 1 aromatic carbocycles. The maximum absolute atomic E-state index is 13.0. The van der Waals surface area contributed by atoms with Gasteiger partial charge in [-0.15, -0.1) is 0 Å². The number of rotatable bonds is 3. The van der Waals surface area contributed by atoms with Crippen molar-refractivity contribution in [3.8, 4) is 0 Å². The zero-order valence-corrected chi connectivity index (χ0v) is 13.3. The van der Waals surface area contributed by atoms with Crippen LogP contribution >= 0.6 is 0 Å². The summed E-state index contributed by atoms with van der Waals surface area (Å²) in [5.74, 6) is 0.787. The summed E-state index contributed by atoms with van der Waals surface area (Å²) < 4.78 is 13.0. The van der Waals surface area contributed by atoms with E-state index in [0.717, 1.165) is 38.3 Å². The van der Waals surface area contributed by atoms with Crippen LogP contribution in [0, 0.1) is 17.7 Å². The van der Waals surface area contributed by atoms with Gasteiger partial charge in [0.15, 0.2) is 0 Å². The SMILES string of the molecule is O=C(c1cnccn1)N1C[C@H]2CN(Cc3ccc(F)cc3)C[C@H]2C1. The van der Waals surface area contributed by atoms with Crippen LogP contribution in [0.3, 0.4) is 0 Å². The highest BCUT2D eigenvalue weighted by Crippen LogP contribution is 2.32. The van der Waals surface area contributed by atoms with Crippen LogP contribution in [0.2, 0.25) is 0 Å². The molecule has 2 saturated heterocycles. The second kappa shape index (κ2) is 6.28. The molecule has 5 nitrogen and oxygen atoms in total. The third kappa shape index (κ3) is 3.01. The first-order valence-corrected chi connectivity index (χ1v) is 8.21. The van der Waals surface area contributed by atoms with Crippen LogP contribution in [0.15, 0.2) is 42.9 Å². The summed E-state index contributed by atoms with van der Waals surface area (Å²) in [6.45, 7) is 4.35. The van der Waals surface area contributed by atoms with Crippen LogP contribution in [-0.2, 0) is 6.54 Å². The molecule has 4 rings (SSSR count). The molecule has 2 aromatic rings. The number of likely N-dealkylation sites (tertiary alicyclic amines) is 2. The van der Waals surface area contributed by atoms with E-state index in [2.05, 4.69) is 14.9 Å². The van der Waals surface area contributed by atoms with Crippen molar-refractivity contribution in [1.82, 2.24) is 19.8 Å². The summed E-state index contributed by atoms with van der Waals surface area (Å²) in [6, 6.07) is 6.70. The Hall–Kier alpha value is -2.34. The largest absolute Gasteiger partial charge is 0.337 e. The molecule has 0 bridgehead atoms. The molecule has 2 atom stereocenters. The molecule has 24 heavy (non-hydrogen) atoms. The third-order valence-corrected chi connectivity index (χ3v) is 4.95. The summed E-state index contributed by atoms with van der Waals surface area (Å²) in [4.78, 5) is 24.8. The fraction of sp³-hybridized carbons (Fsp3) is 0.389. The van der Waals surface area contributed by atoms with E-state index in [4.69, 9.17) is 0 Å². The Kier molecular flexibility index (Phi) is 3.98. The standard InChI is InChI=1S/C18H19FN4O/c19-16-3-1-13(2-4-16)8-22-9-14-11-23(12-15(14)10-22)18(24)17-7-20-5-6-21-17/h1-7,14-15H,8-12H2/t14-,15+. The summed E-state index contributed by atoms with van der Waals surface area (Å²) in [5, 5.41) is 0. The summed E-state index contributed by atoms with van der Waals surface area (Å²) in [7, 11) is 0. The zero-order valence-electron chi connectivity index (χ0n) is 13.3. The van der Waals surface area contributed by atoms with E-state index in [1.807, 2.05) is 17.0 Å². The van der Waals surface area contributed by atoms with Gasteiger partial charge in [0.2, 0.25) is 0 Å². The first-order valence-electron chi connectivity index (χ1n) is 8.21. The van der Waals surface area contributed by atoms with Gasteiger partial charge in [0, 0.05) is 45.1 Å². The van der Waals surface area contributed by atoms with E-state index in [1.54, 1.807) is 12.4 Å². The molecule has 1 amide bonds. The van der Waals surface area contributed by atoms with Crippen molar-refractivity contribution in [3.05, 3.63) is 59.9 Å². The van der Waals surface area contributed by atoms with Gasteiger partial charge in [-0.3, -0.25) is 14.7 Å². The van der Waals surface area contributed by atoms with Crippen molar-refractivity contribution >= 4 is 5.91 Å². The van der Waals surface area contributed by atoms with Gasteiger partial charge in [0.25, 0.3) is 5.91 Å². The van der Waals surface area contributed by atoms with Crippen molar-refractivity contribution in [3.63, 3.8) is 0 Å². The van der Waals surface area contributed by atoms with E-state index in [9.17, 15) is 9.18 Å². The lowest BCUT2D eigenvalue weighted by molar-refractivity contribution is 0.0767. The number of fused-ring (bicyclic) bond motifs is 1. The average Bonchev–Trinajstić information content (AvgIpc) is 3.15. The minimum Gasteiger partial charge on any atom is -0.337 e. The Morgan fingerprint density at radius 1 is 1.08 bits per heavy atom. The molecular weight excluding hydrogens is 307 g/mol. The van der Waals surface area contributed by atoms with Crippen LogP contribution in [0.25, 0.3) is 0 Å². The number of hydrogen-bond donors (Lipinski definition) is 0. The number of halogens is 1. The topological polar surface area (TPSA) is 49.3 Å². The Balaban J connectivity index is 1.35. The Morgan fingerprint density at radius 3 is 2.42 bits per heavy atom. The van der Waals surface area contributed by atoms with E-state index in [1.165, 1.54) is 18.3 Å². The highest BCUT2D eigenvalue weighted by Gasteiger charge is 2.41. The van der Waals surface area contributed by atoms with Crippen molar-refractivity contribution in [2.45, 2.75) is 6.54 Å². The normalized spacial score (nSPS) is 23.5. The molecule has 0 N–H and O–H groups in total. The monoisotopic (exact) mass is 326 g/mol. The van der Waals surface area contributed by atoms with Crippen LogP contribution in [0.1, 0.15) is 16.1 Å². The molecule has 3 heterocycles. The first-order chi connectivity index (χ1) is 11.7. The molecule has 2 aliphatic heterocycles. The van der Waals surface area contributed by atoms with Crippen LogP contribution in [-0.4, -0.2) is 51.9 Å². The predicted molar refractivity (Wildman–Crippen MR) is 86.6 cm³/mol. The van der Waals surface area contributed by atoms with E-state index in [0.29, 0.717) is 17.5 Å². The van der Waals surface area contributed by atoms with E-state index >= 15 is 0 Å². The lowest BCUT2D eigenvalue weighted by Crippen LogP contribution is -2.33. The maximum atomic E-state index is 13.0. The highest BCUT2D eigenvalue weighted by molar-refractivity contribution is 5.92. The number of benzene rings is 1. The van der Waals surface area contributed by atoms with Crippen LogP contribution in [0.4, 0.5) is 4.39 Å². The number of aromatic nitrogens is 2. The van der Waals surface area contributed by atoms with Crippen molar-refractivity contribution in [1.29, 1.82) is 0 Å². The van der Waals surface area contributed by atoms with Gasteiger partial charge in [0.05, 0.1) is 6.20 Å². The fourth-order valence-corrected chi connectivity index (χ4v) is 3.80. The smallest absolute Gasteiger partial charge is 0.274 e. The molecule has 0 radical (unpaired) electrons. The number of hydrogen-bond acceptors (Lipinski definition) is 4. The van der Waals surface area contributed by atoms with Gasteiger partial charge >= 0.3 is 0 Å². The lowest BCUT2D eigenvalue weighted by Gasteiger charge is -2.21. The Morgan fingerprint density at radius 2 is 1.79 bits per heavy atom. The minimum atomic E-state index is -0.199. The highest BCUT2D eigenvalue weighted by atomic mass is 19.1. The van der Waals surface area contributed by atoms with Crippen molar-refractivity contribution in [2.75, 3.05) is 26.2 Å². The van der Waals surface area contributed by atoms with Gasteiger partial charge < -0.3 is 4.90 Å². The molecule has 124 valence electrons. The Labute approximate surface area is 140 Å². The molecule has 0 saturated carbocycles. The van der Waals surface area contributed by atoms with Gasteiger partial charge in [-0.2, -0.15) is 0 Å². The van der Waals surface area contributed by atoms with E-state index in [-0.39, 0.29) is 11.7 Å². The molecule has 0 aliphatic carbocycles. The second-order valence-electron chi connectivity index (χ2n) is 6.64. The molecular formula is C18H19FN4O. The third-order valence-electron chi connectivity index (χ3n) is 4.95. The maximum Gasteiger partial charge on any atom is 0.274 e. The van der Waals surface area contributed by atoms with Gasteiger partial charge in [0.1, 0.15) is 11.5 Å². The van der Waals surface area contributed by atoms with Gasteiger partial charge in [-0.1, -0.05) is 12.1 Å². The van der Waals surface area contributed by atoms with Gasteiger partial charge in [-0.05, 0) is 29.5 Å². The summed E-state index contributed by atoms with van der Waals surface area (Å²) >= 11 is 0. The van der Waals surface area contributed by atoms with Crippen LogP contribution in [0.5, 0.6) is 0 Å². The molecule has 0 unspecified atom stereocenters. The molecule has 2 aliphatic rings. The van der Waals surface area contributed by atoms with E-state index < -0.39 is 0 Å². The van der Waals surface area contributed by atoms with Crippen molar-refractivity contribution in [2.24, 2.45) is 11.8 Å². The second-order valence-corrected chi connectivity index (χ2v) is 6.64. The molecule has 6 heteroatoms. The lowest BCUT2D eigenvalue weighted by atomic mass is 10.0. The minimum absolute atomic E-state index is 0.0254. The molecule has 0 spiro atoms. The number of amides is 1. The predicted octanol–water partition coefficient (Wildman–Crippen LogP) is 1.82. The first kappa shape index (κ1) is 15.2. The van der Waals surface area contributed by atoms with Crippen molar-refractivity contribution < 1.29 is 9.18 Å². The fourth-order valence-electron chi connectivity index (χ4n) is 3.80. The molecule has 2 fully saturated rings.